The summed E-state index contributed by atoms with van der Waals surface area (Å²) in [6.45, 7) is 0. The molecule has 0 bridgehead atoms. The third-order valence-electron chi connectivity index (χ3n) is 5.70. The highest BCUT2D eigenvalue weighted by Crippen LogP contribution is 2.38. The van der Waals surface area contributed by atoms with Gasteiger partial charge in [0.15, 0.2) is 0 Å². The molecule has 0 saturated carbocycles. The SMILES string of the molecule is O=C(O)c1c2c(nc3ccc(F)cc13)-c1ccc(-c3ccc(O)cc3)cc1CCC2. The lowest BCUT2D eigenvalue weighted by Crippen LogP contribution is -2.07. The second-order valence-electron chi connectivity index (χ2n) is 7.55. The average molecular weight is 399 g/mol. The van der Waals surface area contributed by atoms with Gasteiger partial charge in [0.2, 0.25) is 0 Å². The van der Waals surface area contributed by atoms with E-state index in [1.165, 1.54) is 18.2 Å². The highest BCUT2D eigenvalue weighted by atomic mass is 19.1. The van der Waals surface area contributed by atoms with Crippen molar-refractivity contribution in [3.8, 4) is 28.1 Å². The molecule has 2 N–H and O–H groups in total. The van der Waals surface area contributed by atoms with E-state index in [0.29, 0.717) is 28.6 Å². The smallest absolute Gasteiger partial charge is 0.336 e. The predicted octanol–water partition coefficient (Wildman–Crippen LogP) is 5.60. The second kappa shape index (κ2) is 6.95. The number of phenols is 1. The van der Waals surface area contributed by atoms with Gasteiger partial charge in [-0.3, -0.25) is 0 Å². The number of aryl methyl sites for hydroxylation is 1. The number of halogens is 1. The van der Waals surface area contributed by atoms with Crippen LogP contribution in [0, 0.1) is 5.82 Å². The van der Waals surface area contributed by atoms with Crippen LogP contribution >= 0.6 is 0 Å². The summed E-state index contributed by atoms with van der Waals surface area (Å²) in [5, 5.41) is 19.8. The molecule has 30 heavy (non-hydrogen) atoms. The molecule has 5 heteroatoms. The molecule has 0 fully saturated rings. The van der Waals surface area contributed by atoms with E-state index in [1.54, 1.807) is 12.1 Å². The molecule has 4 nitrogen and oxygen atoms in total. The van der Waals surface area contributed by atoms with Gasteiger partial charge in [-0.2, -0.15) is 0 Å². The van der Waals surface area contributed by atoms with Crippen LogP contribution in [0.15, 0.2) is 60.7 Å². The molecule has 0 saturated heterocycles. The van der Waals surface area contributed by atoms with Gasteiger partial charge >= 0.3 is 5.97 Å². The van der Waals surface area contributed by atoms with Crippen LogP contribution in [0.4, 0.5) is 4.39 Å². The number of fused-ring (bicyclic) bond motifs is 4. The number of carboxylic acid groups (broad SMARTS) is 1. The Morgan fingerprint density at radius 2 is 1.70 bits per heavy atom. The van der Waals surface area contributed by atoms with E-state index < -0.39 is 11.8 Å². The second-order valence-corrected chi connectivity index (χ2v) is 7.55. The van der Waals surface area contributed by atoms with Crippen LogP contribution in [0.5, 0.6) is 5.75 Å². The van der Waals surface area contributed by atoms with E-state index in [9.17, 15) is 19.4 Å². The molecule has 1 heterocycles. The largest absolute Gasteiger partial charge is 0.508 e. The maximum absolute atomic E-state index is 13.8. The van der Waals surface area contributed by atoms with Gasteiger partial charge in [-0.15, -0.1) is 0 Å². The lowest BCUT2D eigenvalue weighted by atomic mass is 9.93. The van der Waals surface area contributed by atoms with Gasteiger partial charge in [0, 0.05) is 10.9 Å². The number of benzene rings is 3. The molecule has 0 radical (unpaired) electrons. The van der Waals surface area contributed by atoms with E-state index in [1.807, 2.05) is 24.3 Å². The van der Waals surface area contributed by atoms with Crippen molar-refractivity contribution in [1.29, 1.82) is 0 Å². The van der Waals surface area contributed by atoms with E-state index >= 15 is 0 Å². The molecule has 0 atom stereocenters. The summed E-state index contributed by atoms with van der Waals surface area (Å²) >= 11 is 0. The Balaban J connectivity index is 1.74. The molecule has 4 aromatic rings. The maximum Gasteiger partial charge on any atom is 0.336 e. The number of hydrogen-bond donors (Lipinski definition) is 2. The van der Waals surface area contributed by atoms with Gasteiger partial charge in [0.25, 0.3) is 0 Å². The Morgan fingerprint density at radius 3 is 2.47 bits per heavy atom. The minimum absolute atomic E-state index is 0.143. The summed E-state index contributed by atoms with van der Waals surface area (Å²) in [6.07, 6.45) is 2.14. The van der Waals surface area contributed by atoms with Gasteiger partial charge in [0.1, 0.15) is 11.6 Å². The predicted molar refractivity (Wildman–Crippen MR) is 113 cm³/mol. The van der Waals surface area contributed by atoms with Crippen LogP contribution in [0.3, 0.4) is 0 Å². The van der Waals surface area contributed by atoms with Crippen molar-refractivity contribution in [2.45, 2.75) is 19.3 Å². The van der Waals surface area contributed by atoms with E-state index in [0.717, 1.165) is 35.1 Å². The Labute approximate surface area is 172 Å². The Kier molecular flexibility index (Phi) is 4.24. The number of hydrogen-bond acceptors (Lipinski definition) is 3. The first-order valence-corrected chi connectivity index (χ1v) is 9.79. The van der Waals surface area contributed by atoms with E-state index in [4.69, 9.17) is 4.98 Å². The van der Waals surface area contributed by atoms with Gasteiger partial charge < -0.3 is 10.2 Å². The summed E-state index contributed by atoms with van der Waals surface area (Å²) in [5.74, 6) is -1.32. The minimum atomic E-state index is -1.06. The topological polar surface area (TPSA) is 70.4 Å². The van der Waals surface area contributed by atoms with Crippen molar-refractivity contribution in [2.75, 3.05) is 0 Å². The Morgan fingerprint density at radius 1 is 0.933 bits per heavy atom. The molecule has 1 aliphatic carbocycles. The summed E-state index contributed by atoms with van der Waals surface area (Å²) in [7, 11) is 0. The minimum Gasteiger partial charge on any atom is -0.508 e. The number of nitrogens with zero attached hydrogens (tertiary/aromatic N) is 1. The highest BCUT2D eigenvalue weighted by Gasteiger charge is 2.25. The molecular formula is C25H18FNO3. The van der Waals surface area contributed by atoms with Crippen molar-refractivity contribution in [2.24, 2.45) is 0 Å². The van der Waals surface area contributed by atoms with Crippen LogP contribution < -0.4 is 0 Å². The van der Waals surface area contributed by atoms with Crippen LogP contribution in [-0.2, 0) is 12.8 Å². The third-order valence-corrected chi connectivity index (χ3v) is 5.70. The molecule has 0 spiro atoms. The van der Waals surface area contributed by atoms with Crippen molar-refractivity contribution in [3.63, 3.8) is 0 Å². The normalized spacial score (nSPS) is 12.8. The zero-order valence-electron chi connectivity index (χ0n) is 16.0. The monoisotopic (exact) mass is 399 g/mol. The molecular weight excluding hydrogens is 381 g/mol. The number of pyridine rings is 1. The first kappa shape index (κ1) is 18.3. The first-order valence-electron chi connectivity index (χ1n) is 9.79. The number of phenolic OH excluding ortho intramolecular Hbond substituents is 1. The molecule has 1 aliphatic rings. The third kappa shape index (κ3) is 2.99. The summed E-state index contributed by atoms with van der Waals surface area (Å²) in [5.41, 5.74) is 5.98. The summed E-state index contributed by atoms with van der Waals surface area (Å²) in [4.78, 5) is 16.9. The van der Waals surface area contributed by atoms with Gasteiger partial charge in [-0.05, 0) is 71.8 Å². The van der Waals surface area contributed by atoms with Crippen molar-refractivity contribution in [1.82, 2.24) is 4.98 Å². The molecule has 5 rings (SSSR count). The van der Waals surface area contributed by atoms with E-state index in [-0.39, 0.29) is 11.3 Å². The van der Waals surface area contributed by atoms with Crippen LogP contribution in [0.2, 0.25) is 0 Å². The van der Waals surface area contributed by atoms with E-state index in [2.05, 4.69) is 6.07 Å². The standard InChI is InChI=1S/C25H18FNO3/c26-17-7-11-22-21(13-17)23(25(29)30)20-3-1-2-16-12-15(6-10-19(16)24(20)27-22)14-4-8-18(28)9-5-14/h4-13,28H,1-3H2,(H,29,30). The Bertz CT molecular complexity index is 1310. The number of aromatic carboxylic acids is 1. The number of aromatic nitrogens is 1. The molecule has 148 valence electrons. The lowest BCUT2D eigenvalue weighted by molar-refractivity contribution is 0.0698. The molecule has 3 aromatic carbocycles. The van der Waals surface area contributed by atoms with Gasteiger partial charge in [0.05, 0.1) is 16.8 Å². The van der Waals surface area contributed by atoms with Crippen LogP contribution in [0.25, 0.3) is 33.3 Å². The van der Waals surface area contributed by atoms with Crippen molar-refractivity contribution >= 4 is 16.9 Å². The summed E-state index contributed by atoms with van der Waals surface area (Å²) < 4.78 is 13.8. The number of carboxylic acids is 1. The number of aromatic hydroxyl groups is 1. The fourth-order valence-electron chi connectivity index (χ4n) is 4.31. The van der Waals surface area contributed by atoms with Crippen molar-refractivity contribution < 1.29 is 19.4 Å². The fraction of sp³-hybridized carbons (Fsp3) is 0.120. The lowest BCUT2D eigenvalue weighted by Gasteiger charge is -2.15. The molecule has 1 aromatic heterocycles. The summed E-state index contributed by atoms with van der Waals surface area (Å²) in [6, 6.07) is 17.2. The maximum atomic E-state index is 13.8. The molecule has 0 aliphatic heterocycles. The average Bonchev–Trinajstić information content (AvgIpc) is 2.91. The Hall–Kier alpha value is -3.73. The zero-order chi connectivity index (χ0) is 20.8. The van der Waals surface area contributed by atoms with Gasteiger partial charge in [-0.25, -0.2) is 14.2 Å². The fourth-order valence-corrected chi connectivity index (χ4v) is 4.31. The number of rotatable bonds is 2. The molecule has 0 amide bonds. The number of carbonyl (C=O) groups is 1. The molecule has 0 unspecified atom stereocenters. The van der Waals surface area contributed by atoms with Crippen LogP contribution in [-0.4, -0.2) is 21.2 Å². The van der Waals surface area contributed by atoms with Crippen molar-refractivity contribution in [3.05, 3.63) is 83.2 Å². The van der Waals surface area contributed by atoms with Gasteiger partial charge in [-0.1, -0.05) is 30.3 Å². The first-order chi connectivity index (χ1) is 14.5. The quantitative estimate of drug-likeness (QED) is 0.460. The van der Waals surface area contributed by atoms with Crippen LogP contribution in [0.1, 0.15) is 27.9 Å². The highest BCUT2D eigenvalue weighted by molar-refractivity contribution is 6.06. The zero-order valence-corrected chi connectivity index (χ0v) is 16.0.